The zero-order chi connectivity index (χ0) is 15.9. The quantitative estimate of drug-likeness (QED) is 0.867. The van der Waals surface area contributed by atoms with Crippen LogP contribution in [0.1, 0.15) is 23.1 Å². The summed E-state index contributed by atoms with van der Waals surface area (Å²) in [5.41, 5.74) is 4.57. The third kappa shape index (κ3) is 2.61. The van der Waals surface area contributed by atoms with Crippen LogP contribution in [-0.2, 0) is 11.8 Å². The van der Waals surface area contributed by atoms with E-state index in [4.69, 9.17) is 0 Å². The Bertz CT molecular complexity index is 703. The minimum atomic E-state index is -0.121. The topological polar surface area (TPSA) is 63.9 Å². The number of thioether (sulfide) groups is 1. The molecule has 6 nitrogen and oxygen atoms in total. The van der Waals surface area contributed by atoms with E-state index in [9.17, 15) is 4.79 Å². The number of anilines is 1. The molecule has 0 aliphatic carbocycles. The van der Waals surface area contributed by atoms with Gasteiger partial charge in [-0.25, -0.2) is 4.68 Å². The normalized spacial score (nSPS) is 18.3. The first-order valence-electron chi connectivity index (χ1n) is 7.25. The molecule has 3 rings (SSSR count). The van der Waals surface area contributed by atoms with E-state index in [1.54, 1.807) is 11.7 Å². The van der Waals surface area contributed by atoms with Gasteiger partial charge in [0.15, 0.2) is 0 Å². The van der Waals surface area contributed by atoms with Crippen molar-refractivity contribution < 1.29 is 4.79 Å². The van der Waals surface area contributed by atoms with Crippen LogP contribution in [0.5, 0.6) is 0 Å². The van der Waals surface area contributed by atoms with Gasteiger partial charge in [0.25, 0.3) is 0 Å². The van der Waals surface area contributed by atoms with Crippen LogP contribution in [-0.4, -0.2) is 37.9 Å². The van der Waals surface area contributed by atoms with Crippen LogP contribution >= 0.6 is 11.8 Å². The number of aromatic nitrogens is 4. The molecule has 1 fully saturated rings. The van der Waals surface area contributed by atoms with E-state index < -0.39 is 0 Å². The van der Waals surface area contributed by atoms with E-state index in [0.29, 0.717) is 5.16 Å². The molecule has 2 heterocycles. The van der Waals surface area contributed by atoms with Gasteiger partial charge in [0, 0.05) is 19.3 Å². The Morgan fingerprint density at radius 1 is 1.23 bits per heavy atom. The Labute approximate surface area is 133 Å². The third-order valence-corrected chi connectivity index (χ3v) is 5.17. The predicted octanol–water partition coefficient (Wildman–Crippen LogP) is 2.03. The van der Waals surface area contributed by atoms with Crippen LogP contribution in [0, 0.1) is 20.8 Å². The summed E-state index contributed by atoms with van der Waals surface area (Å²) in [6, 6.07) is 4.26. The lowest BCUT2D eigenvalue weighted by Gasteiger charge is -2.22. The van der Waals surface area contributed by atoms with Gasteiger partial charge >= 0.3 is 0 Å². The molecule has 0 spiro atoms. The highest BCUT2D eigenvalue weighted by atomic mass is 32.2. The molecule has 0 radical (unpaired) electrons. The van der Waals surface area contributed by atoms with Crippen molar-refractivity contribution >= 4 is 23.4 Å². The van der Waals surface area contributed by atoms with E-state index in [1.807, 2.05) is 4.90 Å². The number of aryl methyl sites for hydroxylation is 4. The zero-order valence-corrected chi connectivity index (χ0v) is 14.0. The number of nitrogens with zero attached hydrogens (tertiary/aromatic N) is 5. The molecule has 0 N–H and O–H groups in total. The number of hydrogen-bond donors (Lipinski definition) is 0. The van der Waals surface area contributed by atoms with Gasteiger partial charge in [-0.3, -0.25) is 4.79 Å². The Balaban J connectivity index is 1.84. The Morgan fingerprint density at radius 3 is 2.50 bits per heavy atom. The van der Waals surface area contributed by atoms with Crippen molar-refractivity contribution in [3.05, 3.63) is 28.8 Å². The van der Waals surface area contributed by atoms with Gasteiger partial charge in [-0.05, 0) is 48.7 Å². The fraction of sp³-hybridized carbons (Fsp3) is 0.467. The smallest absolute Gasteiger partial charge is 0.240 e. The van der Waals surface area contributed by atoms with Crippen LogP contribution in [0.4, 0.5) is 5.69 Å². The molecule has 1 aliphatic rings. The summed E-state index contributed by atoms with van der Waals surface area (Å²) < 4.78 is 1.60. The van der Waals surface area contributed by atoms with E-state index in [-0.39, 0.29) is 11.2 Å². The summed E-state index contributed by atoms with van der Waals surface area (Å²) >= 11 is 1.44. The second-order valence-electron chi connectivity index (χ2n) is 5.72. The van der Waals surface area contributed by atoms with Crippen LogP contribution in [0.15, 0.2) is 17.3 Å². The van der Waals surface area contributed by atoms with E-state index in [2.05, 4.69) is 48.4 Å². The average Bonchev–Trinajstić information content (AvgIpc) is 2.99. The Hall–Kier alpha value is -1.89. The molecule has 1 aromatic heterocycles. The van der Waals surface area contributed by atoms with Crippen LogP contribution in [0.2, 0.25) is 0 Å². The van der Waals surface area contributed by atoms with E-state index >= 15 is 0 Å². The molecule has 1 aliphatic heterocycles. The van der Waals surface area contributed by atoms with Crippen molar-refractivity contribution in [2.75, 3.05) is 11.4 Å². The molecule has 0 saturated carbocycles. The Morgan fingerprint density at radius 2 is 1.91 bits per heavy atom. The molecule has 22 heavy (non-hydrogen) atoms. The summed E-state index contributed by atoms with van der Waals surface area (Å²) in [6.45, 7) is 6.95. The molecule has 1 atom stereocenters. The highest BCUT2D eigenvalue weighted by Gasteiger charge is 2.35. The number of benzene rings is 1. The molecule has 116 valence electrons. The molecule has 0 unspecified atom stereocenters. The lowest BCUT2D eigenvalue weighted by Crippen LogP contribution is -2.29. The van der Waals surface area contributed by atoms with Crippen molar-refractivity contribution in [1.29, 1.82) is 0 Å². The average molecular weight is 317 g/mol. The van der Waals surface area contributed by atoms with Crippen LogP contribution < -0.4 is 4.90 Å². The van der Waals surface area contributed by atoms with Crippen LogP contribution in [0.3, 0.4) is 0 Å². The summed E-state index contributed by atoms with van der Waals surface area (Å²) in [4.78, 5) is 14.7. The number of amides is 1. The predicted molar refractivity (Wildman–Crippen MR) is 86.1 cm³/mol. The number of carbonyl (C=O) groups is 1. The van der Waals surface area contributed by atoms with Gasteiger partial charge in [0.2, 0.25) is 11.1 Å². The molecule has 1 aromatic carbocycles. The standard InChI is InChI=1S/C15H19N5OS/c1-9-7-10(2)13(11(3)8-9)20-6-5-12(14(20)21)22-15-16-17-18-19(15)4/h7-8,12H,5-6H2,1-4H3/t12-/m1/s1. The monoisotopic (exact) mass is 317 g/mol. The maximum Gasteiger partial charge on any atom is 0.240 e. The molecular weight excluding hydrogens is 298 g/mol. The van der Waals surface area contributed by atoms with Gasteiger partial charge in [-0.2, -0.15) is 0 Å². The summed E-state index contributed by atoms with van der Waals surface area (Å²) in [5, 5.41) is 11.9. The van der Waals surface area contributed by atoms with Crippen molar-refractivity contribution in [3.63, 3.8) is 0 Å². The SMILES string of the molecule is Cc1cc(C)c(N2CC[C@@H](Sc3nnnn3C)C2=O)c(C)c1. The minimum absolute atomic E-state index is 0.121. The zero-order valence-electron chi connectivity index (χ0n) is 13.2. The minimum Gasteiger partial charge on any atom is -0.311 e. The highest BCUT2D eigenvalue weighted by Crippen LogP contribution is 2.35. The van der Waals surface area contributed by atoms with Gasteiger partial charge in [-0.15, -0.1) is 5.10 Å². The largest absolute Gasteiger partial charge is 0.311 e. The second-order valence-corrected chi connectivity index (χ2v) is 6.89. The highest BCUT2D eigenvalue weighted by molar-refractivity contribution is 8.00. The molecular formula is C15H19N5OS. The first-order chi connectivity index (χ1) is 10.5. The summed E-state index contributed by atoms with van der Waals surface area (Å²) in [6.07, 6.45) is 0.809. The fourth-order valence-electron chi connectivity index (χ4n) is 3.03. The molecule has 1 amide bonds. The van der Waals surface area contributed by atoms with Gasteiger partial charge < -0.3 is 4.90 Å². The fourth-order valence-corrected chi connectivity index (χ4v) is 4.01. The first-order valence-corrected chi connectivity index (χ1v) is 8.13. The molecule has 2 aromatic rings. The molecule has 0 bridgehead atoms. The Kier molecular flexibility index (Phi) is 3.90. The van der Waals surface area contributed by atoms with Crippen molar-refractivity contribution in [2.24, 2.45) is 7.05 Å². The number of tetrazole rings is 1. The van der Waals surface area contributed by atoms with Crippen molar-refractivity contribution in [2.45, 2.75) is 37.6 Å². The number of rotatable bonds is 3. The van der Waals surface area contributed by atoms with Crippen molar-refractivity contribution in [3.8, 4) is 0 Å². The lowest BCUT2D eigenvalue weighted by molar-refractivity contribution is -0.116. The van der Waals surface area contributed by atoms with Gasteiger partial charge in [0.05, 0.1) is 5.25 Å². The van der Waals surface area contributed by atoms with E-state index in [1.165, 1.54) is 17.3 Å². The number of carbonyl (C=O) groups excluding carboxylic acids is 1. The van der Waals surface area contributed by atoms with Gasteiger partial charge in [-0.1, -0.05) is 29.5 Å². The second kappa shape index (κ2) is 5.72. The molecule has 7 heteroatoms. The van der Waals surface area contributed by atoms with Crippen molar-refractivity contribution in [1.82, 2.24) is 20.2 Å². The molecule has 1 saturated heterocycles. The third-order valence-electron chi connectivity index (χ3n) is 3.89. The first kappa shape index (κ1) is 15.0. The lowest BCUT2D eigenvalue weighted by atomic mass is 10.0. The maximum atomic E-state index is 12.8. The summed E-state index contributed by atoms with van der Waals surface area (Å²) in [5.74, 6) is 0.142. The van der Waals surface area contributed by atoms with Gasteiger partial charge in [0.1, 0.15) is 0 Å². The maximum absolute atomic E-state index is 12.8. The van der Waals surface area contributed by atoms with Crippen LogP contribution in [0.25, 0.3) is 0 Å². The van der Waals surface area contributed by atoms with E-state index in [0.717, 1.165) is 29.8 Å². The number of hydrogen-bond acceptors (Lipinski definition) is 5. The summed E-state index contributed by atoms with van der Waals surface area (Å²) in [7, 11) is 1.79.